The van der Waals surface area contributed by atoms with Crippen molar-refractivity contribution >= 4 is 27.0 Å². The number of fused-ring (bicyclic) bond motifs is 1. The van der Waals surface area contributed by atoms with Gasteiger partial charge in [0, 0.05) is 11.0 Å². The van der Waals surface area contributed by atoms with E-state index in [4.69, 9.17) is 9.72 Å². The summed E-state index contributed by atoms with van der Waals surface area (Å²) in [5, 5.41) is 0. The van der Waals surface area contributed by atoms with Crippen LogP contribution in [-0.4, -0.2) is 9.55 Å². The van der Waals surface area contributed by atoms with Crippen LogP contribution in [0.1, 0.15) is 23.9 Å². The molecule has 4 heteroatoms. The Labute approximate surface area is 167 Å². The fraction of sp³-hybridized carbons (Fsp3) is 0.174. The molecule has 0 amide bonds. The topological polar surface area (TPSA) is 27.1 Å². The number of ether oxygens (including phenoxy) is 1. The molecule has 0 aliphatic rings. The summed E-state index contributed by atoms with van der Waals surface area (Å²) in [5.41, 5.74) is 4.65. The van der Waals surface area contributed by atoms with Crippen LogP contribution in [0.2, 0.25) is 0 Å². The van der Waals surface area contributed by atoms with Gasteiger partial charge in [-0.15, -0.1) is 0 Å². The van der Waals surface area contributed by atoms with E-state index in [9.17, 15) is 0 Å². The zero-order valence-electron chi connectivity index (χ0n) is 15.2. The Kier molecular flexibility index (Phi) is 5.26. The van der Waals surface area contributed by atoms with Crippen molar-refractivity contribution in [2.75, 3.05) is 0 Å². The van der Waals surface area contributed by atoms with Gasteiger partial charge in [-0.2, -0.15) is 0 Å². The molecular weight excluding hydrogens is 400 g/mol. The summed E-state index contributed by atoms with van der Waals surface area (Å²) in [6, 6.07) is 24.9. The van der Waals surface area contributed by atoms with Gasteiger partial charge in [-0.05, 0) is 53.9 Å². The molecule has 4 rings (SSSR count). The molecule has 0 atom stereocenters. The first-order valence-electron chi connectivity index (χ1n) is 9.13. The third-order valence-corrected chi connectivity index (χ3v) is 5.16. The third-order valence-electron chi connectivity index (χ3n) is 4.66. The maximum Gasteiger partial charge on any atom is 0.148 e. The predicted octanol–water partition coefficient (Wildman–Crippen LogP) is 5.99. The standard InChI is InChI=1S/C23H21BrN2O/c1-2-17-10-12-20(13-11-17)27-16-23-25-21-8-3-4-9-22(21)26(23)15-18-6-5-7-19(24)14-18/h3-14H,2,15-16H2,1H3. The van der Waals surface area contributed by atoms with Gasteiger partial charge in [0.1, 0.15) is 18.2 Å². The van der Waals surface area contributed by atoms with E-state index < -0.39 is 0 Å². The molecule has 0 radical (unpaired) electrons. The van der Waals surface area contributed by atoms with Crippen LogP contribution in [0.25, 0.3) is 11.0 Å². The molecule has 0 saturated carbocycles. The van der Waals surface area contributed by atoms with Gasteiger partial charge in [0.15, 0.2) is 0 Å². The van der Waals surface area contributed by atoms with Crippen molar-refractivity contribution in [1.82, 2.24) is 9.55 Å². The quantitative estimate of drug-likeness (QED) is 0.383. The molecule has 27 heavy (non-hydrogen) atoms. The van der Waals surface area contributed by atoms with Gasteiger partial charge in [0.05, 0.1) is 11.0 Å². The van der Waals surface area contributed by atoms with E-state index in [1.165, 1.54) is 11.1 Å². The van der Waals surface area contributed by atoms with Crippen molar-refractivity contribution < 1.29 is 4.74 Å². The molecule has 3 aromatic carbocycles. The van der Waals surface area contributed by atoms with E-state index in [1.807, 2.05) is 30.3 Å². The maximum absolute atomic E-state index is 6.03. The third kappa shape index (κ3) is 4.06. The molecule has 4 aromatic rings. The van der Waals surface area contributed by atoms with E-state index in [0.717, 1.165) is 40.0 Å². The fourth-order valence-electron chi connectivity index (χ4n) is 3.20. The molecule has 0 N–H and O–H groups in total. The van der Waals surface area contributed by atoms with Gasteiger partial charge in [-0.25, -0.2) is 4.98 Å². The van der Waals surface area contributed by atoms with Crippen LogP contribution >= 0.6 is 15.9 Å². The lowest BCUT2D eigenvalue weighted by Crippen LogP contribution is -2.08. The largest absolute Gasteiger partial charge is 0.486 e. The van der Waals surface area contributed by atoms with Gasteiger partial charge in [0.2, 0.25) is 0 Å². The molecule has 0 aliphatic heterocycles. The lowest BCUT2D eigenvalue weighted by molar-refractivity contribution is 0.291. The molecular formula is C23H21BrN2O. The number of para-hydroxylation sites is 2. The summed E-state index contributed by atoms with van der Waals surface area (Å²) < 4.78 is 9.35. The van der Waals surface area contributed by atoms with Gasteiger partial charge in [-0.1, -0.05) is 59.3 Å². The van der Waals surface area contributed by atoms with Crippen LogP contribution in [-0.2, 0) is 19.6 Å². The normalized spacial score (nSPS) is 11.0. The second-order valence-electron chi connectivity index (χ2n) is 6.52. The Morgan fingerprint density at radius 2 is 1.74 bits per heavy atom. The Bertz CT molecular complexity index is 1050. The molecule has 0 unspecified atom stereocenters. The molecule has 136 valence electrons. The summed E-state index contributed by atoms with van der Waals surface area (Å²) in [5.74, 6) is 1.80. The first-order chi connectivity index (χ1) is 13.2. The van der Waals surface area contributed by atoms with Crippen LogP contribution in [0.15, 0.2) is 77.3 Å². The highest BCUT2D eigenvalue weighted by atomic mass is 79.9. The molecule has 0 spiro atoms. The molecule has 0 aliphatic carbocycles. The van der Waals surface area contributed by atoms with Crippen molar-refractivity contribution in [3.63, 3.8) is 0 Å². The number of rotatable bonds is 6. The number of hydrogen-bond acceptors (Lipinski definition) is 2. The van der Waals surface area contributed by atoms with Crippen LogP contribution in [0.5, 0.6) is 5.75 Å². The van der Waals surface area contributed by atoms with Gasteiger partial charge in [0.25, 0.3) is 0 Å². The first-order valence-corrected chi connectivity index (χ1v) is 9.92. The minimum atomic E-state index is 0.439. The fourth-order valence-corrected chi connectivity index (χ4v) is 3.65. The van der Waals surface area contributed by atoms with Crippen molar-refractivity contribution in [1.29, 1.82) is 0 Å². The van der Waals surface area contributed by atoms with E-state index in [-0.39, 0.29) is 0 Å². The Balaban J connectivity index is 1.62. The summed E-state index contributed by atoms with van der Waals surface area (Å²) in [6.07, 6.45) is 1.03. The second kappa shape index (κ2) is 7.97. The number of aromatic nitrogens is 2. The van der Waals surface area contributed by atoms with Crippen LogP contribution in [0.4, 0.5) is 0 Å². The second-order valence-corrected chi connectivity index (χ2v) is 7.43. The highest BCUT2D eigenvalue weighted by molar-refractivity contribution is 9.10. The van der Waals surface area contributed by atoms with E-state index in [0.29, 0.717) is 6.61 Å². The maximum atomic E-state index is 6.03. The average Bonchev–Trinajstić information content (AvgIpc) is 3.04. The van der Waals surface area contributed by atoms with Crippen molar-refractivity contribution in [2.24, 2.45) is 0 Å². The summed E-state index contributed by atoms with van der Waals surface area (Å²) in [6.45, 7) is 3.35. The Morgan fingerprint density at radius 1 is 0.926 bits per heavy atom. The summed E-state index contributed by atoms with van der Waals surface area (Å²) >= 11 is 3.56. The number of imidazole rings is 1. The number of aryl methyl sites for hydroxylation is 1. The summed E-state index contributed by atoms with van der Waals surface area (Å²) in [4.78, 5) is 4.81. The minimum Gasteiger partial charge on any atom is -0.486 e. The number of nitrogens with zero attached hydrogens (tertiary/aromatic N) is 2. The molecule has 0 saturated heterocycles. The SMILES string of the molecule is CCc1ccc(OCc2nc3ccccc3n2Cc2cccc(Br)c2)cc1. The Hall–Kier alpha value is -2.59. The van der Waals surface area contributed by atoms with Crippen molar-refractivity contribution in [2.45, 2.75) is 26.5 Å². The van der Waals surface area contributed by atoms with Crippen LogP contribution in [0, 0.1) is 0 Å². The monoisotopic (exact) mass is 420 g/mol. The molecule has 1 aromatic heterocycles. The van der Waals surface area contributed by atoms with Gasteiger partial charge in [-0.3, -0.25) is 0 Å². The molecule has 0 fully saturated rings. The van der Waals surface area contributed by atoms with E-state index in [1.54, 1.807) is 0 Å². The van der Waals surface area contributed by atoms with Crippen molar-refractivity contribution in [3.8, 4) is 5.75 Å². The summed E-state index contributed by atoms with van der Waals surface area (Å²) in [7, 11) is 0. The lowest BCUT2D eigenvalue weighted by atomic mass is 10.2. The minimum absolute atomic E-state index is 0.439. The predicted molar refractivity (Wildman–Crippen MR) is 113 cm³/mol. The smallest absolute Gasteiger partial charge is 0.148 e. The van der Waals surface area contributed by atoms with E-state index >= 15 is 0 Å². The highest BCUT2D eigenvalue weighted by Crippen LogP contribution is 2.21. The highest BCUT2D eigenvalue weighted by Gasteiger charge is 2.12. The van der Waals surface area contributed by atoms with Crippen molar-refractivity contribution in [3.05, 3.63) is 94.2 Å². The van der Waals surface area contributed by atoms with Crippen LogP contribution < -0.4 is 4.74 Å². The Morgan fingerprint density at radius 3 is 2.52 bits per heavy atom. The van der Waals surface area contributed by atoms with Gasteiger partial charge >= 0.3 is 0 Å². The van der Waals surface area contributed by atoms with Crippen LogP contribution in [0.3, 0.4) is 0 Å². The first kappa shape index (κ1) is 17.8. The molecule has 3 nitrogen and oxygen atoms in total. The zero-order chi connectivity index (χ0) is 18.6. The lowest BCUT2D eigenvalue weighted by Gasteiger charge is -2.11. The number of hydrogen-bond donors (Lipinski definition) is 0. The average molecular weight is 421 g/mol. The van der Waals surface area contributed by atoms with E-state index in [2.05, 4.69) is 69.9 Å². The number of halogens is 1. The molecule has 0 bridgehead atoms. The molecule has 1 heterocycles. The number of benzene rings is 3. The van der Waals surface area contributed by atoms with Gasteiger partial charge < -0.3 is 9.30 Å². The zero-order valence-corrected chi connectivity index (χ0v) is 16.8.